The summed E-state index contributed by atoms with van der Waals surface area (Å²) in [5.74, 6) is 0. The van der Waals surface area contributed by atoms with Crippen molar-refractivity contribution >= 4 is 51.4 Å². The minimum atomic E-state index is -3.12. The summed E-state index contributed by atoms with van der Waals surface area (Å²) in [6.07, 6.45) is 0. The minimum Gasteiger partial charge on any atom is -0.271 e. The predicted octanol–water partition coefficient (Wildman–Crippen LogP) is 9.04. The van der Waals surface area contributed by atoms with Crippen molar-refractivity contribution in [1.82, 2.24) is 0 Å². The minimum absolute atomic E-state index is 0.793. The largest absolute Gasteiger partial charge is 0.271 e. The third-order valence-electron chi connectivity index (χ3n) is 7.64. The van der Waals surface area contributed by atoms with Gasteiger partial charge >= 0.3 is 0 Å². The second-order valence-corrected chi connectivity index (χ2v) is 16.6. The van der Waals surface area contributed by atoms with Crippen molar-refractivity contribution in [2.75, 3.05) is 0 Å². The lowest BCUT2D eigenvalue weighted by Gasteiger charge is -2.26. The number of thiol groups is 2. The summed E-state index contributed by atoms with van der Waals surface area (Å²) in [4.78, 5) is 4.82. The summed E-state index contributed by atoms with van der Waals surface area (Å²) in [6, 6.07) is 51.4. The Morgan fingerprint density at radius 3 is 0.927 bits per heavy atom. The summed E-state index contributed by atoms with van der Waals surface area (Å²) in [7, 11) is -6.25. The average Bonchev–Trinajstić information content (AvgIpc) is 3.43. The molecule has 0 atom stereocenters. The lowest BCUT2D eigenvalue weighted by Crippen LogP contribution is -2.14. The van der Waals surface area contributed by atoms with Crippen LogP contribution < -0.4 is 0 Å². The first kappa shape index (κ1) is 25.8. The molecule has 7 rings (SSSR count). The Bertz CT molecular complexity index is 1850. The maximum Gasteiger partial charge on any atom is 0.0356 e. The van der Waals surface area contributed by atoms with E-state index in [0.717, 1.165) is 49.5 Å². The highest BCUT2D eigenvalue weighted by molar-refractivity contribution is 8.03. The summed E-state index contributed by atoms with van der Waals surface area (Å²) in [5, 5.41) is 2.06. The first-order valence-corrected chi connectivity index (χ1v) is 17.7. The Labute approximate surface area is 245 Å². The lowest BCUT2D eigenvalue weighted by molar-refractivity contribution is 0.669. The number of thiophene rings is 1. The Kier molecular flexibility index (Phi) is 6.51. The van der Waals surface area contributed by atoms with Crippen LogP contribution in [0.1, 0.15) is 0 Å². The molecule has 5 heteroatoms. The molecule has 0 amide bonds. The average molecular weight is 589 g/mol. The van der Waals surface area contributed by atoms with E-state index in [-0.39, 0.29) is 0 Å². The Morgan fingerprint density at radius 1 is 0.341 bits per heavy atom. The molecule has 202 valence electrons. The van der Waals surface area contributed by atoms with Gasteiger partial charge in [0.25, 0.3) is 0 Å². The molecule has 0 unspecified atom stereocenters. The molecule has 0 spiro atoms. The van der Waals surface area contributed by atoms with Crippen LogP contribution >= 0.6 is 11.3 Å². The van der Waals surface area contributed by atoms with Crippen molar-refractivity contribution < 1.29 is 8.42 Å². The number of rotatable bonds is 6. The van der Waals surface area contributed by atoms with E-state index in [9.17, 15) is 0 Å². The summed E-state index contributed by atoms with van der Waals surface area (Å²) in [5.41, 5.74) is 0. The van der Waals surface area contributed by atoms with Gasteiger partial charge in [-0.1, -0.05) is 72.8 Å². The molecule has 6 aromatic carbocycles. The summed E-state index contributed by atoms with van der Waals surface area (Å²) >= 11 is 1.70. The fraction of sp³-hybridized carbons (Fsp3) is 0. The predicted molar refractivity (Wildman–Crippen MR) is 174 cm³/mol. The second kappa shape index (κ2) is 10.3. The fourth-order valence-corrected chi connectivity index (χ4v) is 12.0. The highest BCUT2D eigenvalue weighted by atomic mass is 32.2. The van der Waals surface area contributed by atoms with Crippen LogP contribution in [0.15, 0.2) is 187 Å². The van der Waals surface area contributed by atoms with Crippen LogP contribution in [0.4, 0.5) is 0 Å². The van der Waals surface area contributed by atoms with Gasteiger partial charge in [0.1, 0.15) is 0 Å². The van der Waals surface area contributed by atoms with Crippen LogP contribution in [0.5, 0.6) is 0 Å². The maximum atomic E-state index is 15.1. The first-order valence-electron chi connectivity index (χ1n) is 13.5. The van der Waals surface area contributed by atoms with Crippen molar-refractivity contribution in [2.45, 2.75) is 29.4 Å². The third kappa shape index (κ3) is 4.29. The topological polar surface area (TPSA) is 34.1 Å². The van der Waals surface area contributed by atoms with Crippen LogP contribution in [-0.4, -0.2) is 8.42 Å². The van der Waals surface area contributed by atoms with Crippen molar-refractivity contribution in [3.8, 4) is 0 Å². The summed E-state index contributed by atoms with van der Waals surface area (Å²) in [6.45, 7) is 0. The Balaban J connectivity index is 1.47. The molecule has 1 aromatic heterocycles. The van der Waals surface area contributed by atoms with E-state index in [2.05, 4.69) is 24.3 Å². The summed E-state index contributed by atoms with van der Waals surface area (Å²) < 4.78 is 32.4. The first-order chi connectivity index (χ1) is 20.1. The molecule has 0 aliphatic rings. The van der Waals surface area contributed by atoms with Gasteiger partial charge in [-0.3, -0.25) is 8.42 Å². The fourth-order valence-electron chi connectivity index (χ4n) is 5.59. The van der Waals surface area contributed by atoms with Crippen molar-refractivity contribution in [2.24, 2.45) is 0 Å². The van der Waals surface area contributed by atoms with Gasteiger partial charge in [0.05, 0.1) is 0 Å². The van der Waals surface area contributed by atoms with E-state index < -0.39 is 19.9 Å². The quantitative estimate of drug-likeness (QED) is 0.190. The van der Waals surface area contributed by atoms with Crippen LogP contribution in [0, 0.1) is 0 Å². The molecule has 0 aliphatic heterocycles. The van der Waals surface area contributed by atoms with Gasteiger partial charge in [-0.15, -0.1) is 11.3 Å². The molecule has 2 nitrogen and oxygen atoms in total. The monoisotopic (exact) mass is 588 g/mol. The van der Waals surface area contributed by atoms with E-state index in [1.165, 1.54) is 0 Å². The van der Waals surface area contributed by atoms with Gasteiger partial charge < -0.3 is 0 Å². The van der Waals surface area contributed by atoms with Crippen molar-refractivity contribution in [3.63, 3.8) is 0 Å². The van der Waals surface area contributed by atoms with Gasteiger partial charge in [0.2, 0.25) is 0 Å². The van der Waals surface area contributed by atoms with Gasteiger partial charge in [-0.25, -0.2) is 0 Å². The van der Waals surface area contributed by atoms with Gasteiger partial charge in [-0.05, 0) is 105 Å². The van der Waals surface area contributed by atoms with E-state index in [0.29, 0.717) is 0 Å². The third-order valence-corrected chi connectivity index (χ3v) is 14.9. The second-order valence-electron chi connectivity index (χ2n) is 10.0. The molecule has 0 N–H and O–H groups in total. The maximum absolute atomic E-state index is 15.1. The Hall–Kier alpha value is -4.16. The van der Waals surface area contributed by atoms with Crippen LogP contribution in [0.3, 0.4) is 0 Å². The van der Waals surface area contributed by atoms with Crippen LogP contribution in [-0.2, 0) is 19.9 Å². The SMILES string of the molecule is O=[SH](c1ccccc1)(c1ccccc1)c1ccc2sc3ccc([SH](=O)(c4ccccc4)c4ccccc4)cc3c2c1. The molecule has 0 radical (unpaired) electrons. The zero-order valence-electron chi connectivity index (χ0n) is 22.1. The van der Waals surface area contributed by atoms with Gasteiger partial charge in [-0.2, -0.15) is 0 Å². The number of hydrogen-bond donors (Lipinski definition) is 2. The molecule has 0 fully saturated rings. The van der Waals surface area contributed by atoms with Gasteiger partial charge in [0, 0.05) is 49.5 Å². The van der Waals surface area contributed by atoms with Crippen LogP contribution in [0.2, 0.25) is 0 Å². The smallest absolute Gasteiger partial charge is 0.0356 e. The van der Waals surface area contributed by atoms with E-state index in [1.807, 2.05) is 133 Å². The number of hydrogen-bond acceptors (Lipinski definition) is 3. The molecule has 0 bridgehead atoms. The normalized spacial score (nSPS) is 12.9. The highest BCUT2D eigenvalue weighted by Gasteiger charge is 2.26. The zero-order chi connectivity index (χ0) is 27.9. The van der Waals surface area contributed by atoms with E-state index in [1.54, 1.807) is 11.3 Å². The molecule has 0 saturated heterocycles. The Morgan fingerprint density at radius 2 is 0.634 bits per heavy atom. The number of fused-ring (bicyclic) bond motifs is 3. The highest BCUT2D eigenvalue weighted by Crippen LogP contribution is 2.43. The van der Waals surface area contributed by atoms with Crippen molar-refractivity contribution in [1.29, 1.82) is 0 Å². The van der Waals surface area contributed by atoms with Crippen molar-refractivity contribution in [3.05, 3.63) is 158 Å². The van der Waals surface area contributed by atoms with Crippen LogP contribution in [0.25, 0.3) is 20.2 Å². The molecular formula is C36H28O2S3. The van der Waals surface area contributed by atoms with E-state index in [4.69, 9.17) is 0 Å². The standard InChI is InChI=1S/C36H28O2S3/c37-40(27-13-5-1-6-14-27,28-15-7-2-8-16-28)31-21-23-35-33(25-31)34-26-32(22-24-36(34)39-35)41(38,29-17-9-3-10-18-29)30-19-11-4-12-20-30/h1-26,40-41H. The molecule has 7 aromatic rings. The van der Waals surface area contributed by atoms with E-state index >= 15 is 8.42 Å². The lowest BCUT2D eigenvalue weighted by atomic mass is 10.1. The molecule has 1 heterocycles. The molecule has 41 heavy (non-hydrogen) atoms. The molecular weight excluding hydrogens is 561 g/mol. The molecule has 0 aliphatic carbocycles. The zero-order valence-corrected chi connectivity index (χ0v) is 24.7. The molecule has 0 saturated carbocycles. The number of benzene rings is 6. The van der Waals surface area contributed by atoms with Gasteiger partial charge in [0.15, 0.2) is 0 Å².